The molecule has 100 valence electrons. The van der Waals surface area contributed by atoms with Crippen LogP contribution in [0.5, 0.6) is 0 Å². The first-order valence-corrected chi connectivity index (χ1v) is 6.18. The number of esters is 1. The van der Waals surface area contributed by atoms with Gasteiger partial charge in [0.1, 0.15) is 11.4 Å². The highest BCUT2D eigenvalue weighted by Crippen LogP contribution is 2.30. The number of carbonyl (C=O) groups excluding carboxylic acids is 1. The Balaban J connectivity index is 2.42. The highest BCUT2D eigenvalue weighted by atomic mass is 16.6. The van der Waals surface area contributed by atoms with Gasteiger partial charge < -0.3 is 10.5 Å². The number of amidine groups is 1. The van der Waals surface area contributed by atoms with Crippen molar-refractivity contribution in [2.75, 3.05) is 0 Å². The van der Waals surface area contributed by atoms with Gasteiger partial charge in [-0.25, -0.2) is 9.79 Å². The van der Waals surface area contributed by atoms with E-state index in [9.17, 15) is 4.79 Å². The Kier molecular flexibility index (Phi) is 3.18. The van der Waals surface area contributed by atoms with E-state index >= 15 is 0 Å². The molecule has 0 atom stereocenters. The highest BCUT2D eigenvalue weighted by Gasteiger charge is 2.25. The first kappa shape index (κ1) is 13.3. The summed E-state index contributed by atoms with van der Waals surface area (Å²) in [6.45, 7) is 7.22. The molecule has 0 saturated heterocycles. The average Bonchev–Trinajstić information content (AvgIpc) is 2.64. The molecule has 0 bridgehead atoms. The van der Waals surface area contributed by atoms with E-state index in [1.165, 1.54) is 0 Å². The zero-order valence-corrected chi connectivity index (χ0v) is 11.7. The van der Waals surface area contributed by atoms with E-state index in [-0.39, 0.29) is 5.97 Å². The first-order valence-electron chi connectivity index (χ1n) is 6.18. The summed E-state index contributed by atoms with van der Waals surface area (Å²) in [6, 6.07) is 7.59. The lowest BCUT2D eigenvalue weighted by molar-refractivity contribution is -0.149. The van der Waals surface area contributed by atoms with E-state index in [1.54, 1.807) is 6.92 Å². The normalized spacial score (nSPS) is 16.7. The third-order valence-electron chi connectivity index (χ3n) is 2.75. The van der Waals surface area contributed by atoms with Gasteiger partial charge >= 0.3 is 5.97 Å². The van der Waals surface area contributed by atoms with Gasteiger partial charge in [0.05, 0.1) is 11.3 Å². The van der Waals surface area contributed by atoms with Crippen molar-refractivity contribution in [2.24, 2.45) is 10.7 Å². The number of nitrogens with two attached hydrogens (primary N) is 1. The topological polar surface area (TPSA) is 64.7 Å². The number of ether oxygens (including phenoxy) is 1. The van der Waals surface area contributed by atoms with Crippen LogP contribution in [0.2, 0.25) is 0 Å². The predicted octanol–water partition coefficient (Wildman–Crippen LogP) is 2.48. The first-order chi connectivity index (χ1) is 8.79. The van der Waals surface area contributed by atoms with Crippen LogP contribution in [0.25, 0.3) is 5.70 Å². The second kappa shape index (κ2) is 4.53. The van der Waals surface area contributed by atoms with Crippen molar-refractivity contribution in [1.29, 1.82) is 0 Å². The number of rotatable bonds is 1. The van der Waals surface area contributed by atoms with Crippen LogP contribution >= 0.6 is 0 Å². The molecule has 1 heterocycles. The number of aliphatic imine (C=N–C) groups is 1. The van der Waals surface area contributed by atoms with Gasteiger partial charge in [-0.3, -0.25) is 0 Å². The van der Waals surface area contributed by atoms with Crippen molar-refractivity contribution in [2.45, 2.75) is 33.3 Å². The number of hydrogen-bond acceptors (Lipinski definition) is 4. The second-order valence-corrected chi connectivity index (χ2v) is 5.52. The minimum absolute atomic E-state index is 0.365. The van der Waals surface area contributed by atoms with E-state index in [0.717, 1.165) is 11.1 Å². The maximum Gasteiger partial charge on any atom is 0.336 e. The molecular formula is C15H18N2O2. The summed E-state index contributed by atoms with van der Waals surface area (Å²) in [5.74, 6) is 0.0734. The van der Waals surface area contributed by atoms with Crippen molar-refractivity contribution in [1.82, 2.24) is 0 Å². The van der Waals surface area contributed by atoms with Gasteiger partial charge in [-0.1, -0.05) is 24.3 Å². The highest BCUT2D eigenvalue weighted by molar-refractivity contribution is 6.12. The monoisotopic (exact) mass is 258 g/mol. The van der Waals surface area contributed by atoms with Gasteiger partial charge in [0, 0.05) is 11.1 Å². The van der Waals surface area contributed by atoms with Crippen LogP contribution in [0.4, 0.5) is 0 Å². The zero-order valence-electron chi connectivity index (χ0n) is 11.7. The van der Waals surface area contributed by atoms with Gasteiger partial charge in [-0.05, 0) is 27.7 Å². The van der Waals surface area contributed by atoms with Gasteiger partial charge in [0.2, 0.25) is 0 Å². The van der Waals surface area contributed by atoms with E-state index < -0.39 is 5.60 Å². The third kappa shape index (κ3) is 2.67. The van der Waals surface area contributed by atoms with Crippen molar-refractivity contribution >= 4 is 17.5 Å². The molecule has 1 aliphatic heterocycles. The summed E-state index contributed by atoms with van der Waals surface area (Å²) < 4.78 is 5.36. The standard InChI is InChI=1S/C15H18N2O2/c1-9(14(18)19-15(2,3)4)12-10-7-5-6-8-11(10)13(16)17-12/h5-8H,1-4H3,(H2,16,17)/b12-9-. The van der Waals surface area contributed by atoms with Gasteiger partial charge in [0.15, 0.2) is 0 Å². The van der Waals surface area contributed by atoms with Crippen molar-refractivity contribution in [3.63, 3.8) is 0 Å². The fraction of sp³-hybridized carbons (Fsp3) is 0.333. The number of benzene rings is 1. The molecule has 2 rings (SSSR count). The van der Waals surface area contributed by atoms with Gasteiger partial charge in [0.25, 0.3) is 0 Å². The van der Waals surface area contributed by atoms with E-state index in [2.05, 4.69) is 4.99 Å². The minimum Gasteiger partial charge on any atom is -0.457 e. The van der Waals surface area contributed by atoms with Crippen LogP contribution in [0.3, 0.4) is 0 Å². The molecule has 0 spiro atoms. The summed E-state index contributed by atoms with van der Waals surface area (Å²) in [5, 5.41) is 0. The molecular weight excluding hydrogens is 240 g/mol. The number of nitrogens with zero attached hydrogens (tertiary/aromatic N) is 1. The molecule has 0 saturated carbocycles. The van der Waals surface area contributed by atoms with Crippen LogP contribution < -0.4 is 5.73 Å². The Bertz CT molecular complexity index is 592. The molecule has 0 amide bonds. The molecule has 4 heteroatoms. The smallest absolute Gasteiger partial charge is 0.336 e. The molecule has 1 aromatic rings. The molecule has 2 N–H and O–H groups in total. The van der Waals surface area contributed by atoms with E-state index in [0.29, 0.717) is 17.1 Å². The quantitative estimate of drug-likeness (QED) is 0.621. The van der Waals surface area contributed by atoms with Crippen LogP contribution in [-0.4, -0.2) is 17.4 Å². The maximum atomic E-state index is 12.1. The Hall–Kier alpha value is -2.10. The molecule has 0 aliphatic carbocycles. The molecule has 19 heavy (non-hydrogen) atoms. The molecule has 0 aromatic heterocycles. The molecule has 0 fully saturated rings. The lowest BCUT2D eigenvalue weighted by atomic mass is 10.0. The summed E-state index contributed by atoms with van der Waals surface area (Å²) in [4.78, 5) is 16.4. The average molecular weight is 258 g/mol. The van der Waals surface area contributed by atoms with E-state index in [1.807, 2.05) is 45.0 Å². The molecule has 1 aliphatic rings. The SMILES string of the molecule is C/C(C(=O)OC(C)(C)C)=C1/N=C(N)c2ccccc21. The third-order valence-corrected chi connectivity index (χ3v) is 2.75. The fourth-order valence-corrected chi connectivity index (χ4v) is 1.89. The summed E-state index contributed by atoms with van der Waals surface area (Å²) in [6.07, 6.45) is 0. The van der Waals surface area contributed by atoms with Crippen LogP contribution in [0.1, 0.15) is 38.8 Å². The van der Waals surface area contributed by atoms with Crippen LogP contribution in [0, 0.1) is 0 Å². The lowest BCUT2D eigenvalue weighted by Crippen LogP contribution is -2.24. The number of hydrogen-bond donors (Lipinski definition) is 1. The second-order valence-electron chi connectivity index (χ2n) is 5.52. The summed E-state index contributed by atoms with van der Waals surface area (Å²) in [7, 11) is 0. The zero-order chi connectivity index (χ0) is 14.2. The van der Waals surface area contributed by atoms with Crippen molar-refractivity contribution in [3.05, 3.63) is 41.0 Å². The van der Waals surface area contributed by atoms with E-state index in [4.69, 9.17) is 10.5 Å². The largest absolute Gasteiger partial charge is 0.457 e. The van der Waals surface area contributed by atoms with Gasteiger partial charge in [-0.15, -0.1) is 0 Å². The Morgan fingerprint density at radius 2 is 1.79 bits per heavy atom. The fourth-order valence-electron chi connectivity index (χ4n) is 1.89. The molecule has 0 unspecified atom stereocenters. The number of carbonyl (C=O) groups is 1. The number of fused-ring (bicyclic) bond motifs is 1. The van der Waals surface area contributed by atoms with Crippen molar-refractivity contribution < 1.29 is 9.53 Å². The lowest BCUT2D eigenvalue weighted by Gasteiger charge is -2.20. The summed E-state index contributed by atoms with van der Waals surface area (Å²) in [5.41, 5.74) is 8.16. The van der Waals surface area contributed by atoms with Gasteiger partial charge in [-0.2, -0.15) is 0 Å². The minimum atomic E-state index is -0.522. The Labute approximate surface area is 113 Å². The van der Waals surface area contributed by atoms with Crippen LogP contribution in [0.15, 0.2) is 34.8 Å². The molecule has 0 radical (unpaired) electrons. The summed E-state index contributed by atoms with van der Waals surface area (Å²) >= 11 is 0. The molecule has 1 aromatic carbocycles. The Morgan fingerprint density at radius 1 is 1.21 bits per heavy atom. The maximum absolute atomic E-state index is 12.1. The molecule has 4 nitrogen and oxygen atoms in total. The predicted molar refractivity (Wildman–Crippen MR) is 75.6 cm³/mol. The van der Waals surface area contributed by atoms with Crippen LogP contribution in [-0.2, 0) is 9.53 Å². The Morgan fingerprint density at radius 3 is 2.37 bits per heavy atom. The van der Waals surface area contributed by atoms with Crippen molar-refractivity contribution in [3.8, 4) is 0 Å².